The van der Waals surface area contributed by atoms with E-state index in [0.29, 0.717) is 23.4 Å². The number of benzene rings is 2. The van der Waals surface area contributed by atoms with Gasteiger partial charge >= 0.3 is 0 Å². The quantitative estimate of drug-likeness (QED) is 0.453. The van der Waals surface area contributed by atoms with E-state index in [1.807, 2.05) is 24.3 Å². The minimum absolute atomic E-state index is 0.0423. The molecular weight excluding hydrogens is 446 g/mol. The predicted octanol–water partition coefficient (Wildman–Crippen LogP) is 5.87. The van der Waals surface area contributed by atoms with Crippen molar-refractivity contribution in [1.29, 1.82) is 0 Å². The number of amides is 1. The molecule has 0 unspecified atom stereocenters. The summed E-state index contributed by atoms with van der Waals surface area (Å²) in [5.41, 5.74) is 9.78. The van der Waals surface area contributed by atoms with E-state index in [-0.39, 0.29) is 5.91 Å². The number of piperidine rings is 1. The third-order valence-corrected chi connectivity index (χ3v) is 7.22. The van der Waals surface area contributed by atoms with E-state index in [2.05, 4.69) is 48.3 Å². The van der Waals surface area contributed by atoms with Crippen LogP contribution in [0.4, 0.5) is 5.69 Å². The van der Waals surface area contributed by atoms with Crippen molar-refractivity contribution in [3.05, 3.63) is 65.2 Å². The molecule has 1 aliphatic carbocycles. The molecule has 5 heteroatoms. The van der Waals surface area contributed by atoms with Gasteiger partial charge in [0.15, 0.2) is 0 Å². The van der Waals surface area contributed by atoms with Gasteiger partial charge in [-0.25, -0.2) is 0 Å². The van der Waals surface area contributed by atoms with Crippen molar-refractivity contribution in [3.63, 3.8) is 0 Å². The Bertz CT molecular complexity index is 927. The molecule has 5 nitrogen and oxygen atoms in total. The first-order valence-electron chi connectivity index (χ1n) is 13.9. The van der Waals surface area contributed by atoms with Crippen molar-refractivity contribution in [2.45, 2.75) is 77.7 Å². The van der Waals surface area contributed by atoms with E-state index < -0.39 is 0 Å². The Hall–Kier alpha value is -2.50. The highest BCUT2D eigenvalue weighted by Crippen LogP contribution is 2.20. The summed E-state index contributed by atoms with van der Waals surface area (Å²) in [6.07, 6.45) is 11.2. The maximum Gasteiger partial charge on any atom is 0.255 e. The first-order chi connectivity index (χ1) is 17.4. The van der Waals surface area contributed by atoms with Gasteiger partial charge in [-0.05, 0) is 106 Å². The number of carbonyl (C=O) groups is 2. The molecule has 0 atom stereocenters. The number of likely N-dealkylation sites (tertiary alicyclic amines) is 1. The molecule has 1 saturated carbocycles. The summed E-state index contributed by atoms with van der Waals surface area (Å²) in [7, 11) is 0. The van der Waals surface area contributed by atoms with Gasteiger partial charge in [-0.3, -0.25) is 4.79 Å². The maximum atomic E-state index is 12.5. The summed E-state index contributed by atoms with van der Waals surface area (Å²) in [6.45, 7) is 7.97. The fraction of sp³-hybridized carbons (Fsp3) is 0.548. The van der Waals surface area contributed by atoms with E-state index in [4.69, 9.17) is 5.73 Å². The third-order valence-electron chi connectivity index (χ3n) is 7.22. The highest BCUT2D eigenvalue weighted by molar-refractivity contribution is 6.04. The molecule has 1 heterocycles. The Morgan fingerprint density at radius 3 is 2.33 bits per heavy atom. The summed E-state index contributed by atoms with van der Waals surface area (Å²) >= 11 is 0. The number of anilines is 1. The molecule has 3 N–H and O–H groups in total. The maximum absolute atomic E-state index is 12.5. The number of hydrogen-bond acceptors (Lipinski definition) is 4. The SMILES string of the molecule is CC(C)Cc1ccc(C(=O)Nc2cccc(CCN3CCCCC3)c2)cc1.NC1CCC(C=O)CC1. The summed E-state index contributed by atoms with van der Waals surface area (Å²) in [5, 5.41) is 3.04. The Morgan fingerprint density at radius 1 is 1.00 bits per heavy atom. The molecule has 4 rings (SSSR count). The first-order valence-corrected chi connectivity index (χ1v) is 13.9. The zero-order valence-electron chi connectivity index (χ0n) is 22.3. The van der Waals surface area contributed by atoms with Crippen LogP contribution in [-0.4, -0.2) is 42.8 Å². The molecule has 1 aliphatic heterocycles. The lowest BCUT2D eigenvalue weighted by molar-refractivity contribution is -0.111. The summed E-state index contributed by atoms with van der Waals surface area (Å²) < 4.78 is 0. The molecule has 1 amide bonds. The number of rotatable bonds is 8. The average molecular weight is 492 g/mol. The summed E-state index contributed by atoms with van der Waals surface area (Å²) in [6, 6.07) is 16.6. The first kappa shape index (κ1) is 28.1. The third kappa shape index (κ3) is 9.87. The molecule has 1 saturated heterocycles. The van der Waals surface area contributed by atoms with Gasteiger partial charge in [-0.15, -0.1) is 0 Å². The van der Waals surface area contributed by atoms with Crippen LogP contribution in [0.1, 0.15) is 80.3 Å². The van der Waals surface area contributed by atoms with Crippen LogP contribution in [0.25, 0.3) is 0 Å². The van der Waals surface area contributed by atoms with Crippen LogP contribution in [0.5, 0.6) is 0 Å². The zero-order valence-corrected chi connectivity index (χ0v) is 22.3. The van der Waals surface area contributed by atoms with Gasteiger partial charge in [-0.2, -0.15) is 0 Å². The number of nitrogens with one attached hydrogen (secondary N) is 1. The fourth-order valence-corrected chi connectivity index (χ4v) is 5.02. The normalized spacial score (nSPS) is 20.3. The van der Waals surface area contributed by atoms with Crippen LogP contribution in [0, 0.1) is 11.8 Å². The van der Waals surface area contributed by atoms with Gasteiger partial charge in [0.2, 0.25) is 0 Å². The summed E-state index contributed by atoms with van der Waals surface area (Å²) in [5.74, 6) is 0.890. The lowest BCUT2D eigenvalue weighted by Crippen LogP contribution is -2.31. The highest BCUT2D eigenvalue weighted by Gasteiger charge is 2.17. The van der Waals surface area contributed by atoms with E-state index >= 15 is 0 Å². The second-order valence-corrected chi connectivity index (χ2v) is 10.9. The number of hydrogen-bond donors (Lipinski definition) is 2. The lowest BCUT2D eigenvalue weighted by atomic mass is 9.88. The molecule has 2 aromatic rings. The predicted molar refractivity (Wildman–Crippen MR) is 149 cm³/mol. The molecular formula is C31H45N3O2. The number of nitrogens with zero attached hydrogens (tertiary/aromatic N) is 1. The van der Waals surface area contributed by atoms with Crippen molar-refractivity contribution >= 4 is 17.9 Å². The molecule has 36 heavy (non-hydrogen) atoms. The Balaban J connectivity index is 0.000000338. The van der Waals surface area contributed by atoms with Gasteiger partial charge in [0, 0.05) is 29.8 Å². The second kappa shape index (κ2) is 14.9. The smallest absolute Gasteiger partial charge is 0.255 e. The molecule has 0 spiro atoms. The van der Waals surface area contributed by atoms with E-state index in [1.165, 1.54) is 43.5 Å². The Kier molecular flexibility index (Phi) is 11.6. The van der Waals surface area contributed by atoms with E-state index in [9.17, 15) is 9.59 Å². The van der Waals surface area contributed by atoms with Gasteiger partial charge in [0.1, 0.15) is 6.29 Å². The van der Waals surface area contributed by atoms with Crippen LogP contribution in [0.15, 0.2) is 48.5 Å². The lowest BCUT2D eigenvalue weighted by Gasteiger charge is -2.26. The van der Waals surface area contributed by atoms with Crippen molar-refractivity contribution in [3.8, 4) is 0 Å². The monoisotopic (exact) mass is 491 g/mol. The topological polar surface area (TPSA) is 75.4 Å². The molecule has 2 aromatic carbocycles. The Morgan fingerprint density at radius 2 is 1.69 bits per heavy atom. The minimum atomic E-state index is -0.0423. The number of aldehydes is 1. The summed E-state index contributed by atoms with van der Waals surface area (Å²) in [4.78, 5) is 25.3. The van der Waals surface area contributed by atoms with Crippen molar-refractivity contribution in [2.75, 3.05) is 25.0 Å². The van der Waals surface area contributed by atoms with Gasteiger partial charge in [-0.1, -0.05) is 44.5 Å². The van der Waals surface area contributed by atoms with Crippen LogP contribution >= 0.6 is 0 Å². The van der Waals surface area contributed by atoms with Gasteiger partial charge in [0.05, 0.1) is 0 Å². The minimum Gasteiger partial charge on any atom is -0.328 e. The largest absolute Gasteiger partial charge is 0.328 e. The van der Waals surface area contributed by atoms with Crippen LogP contribution in [0.3, 0.4) is 0 Å². The molecule has 2 aliphatic rings. The van der Waals surface area contributed by atoms with Crippen LogP contribution < -0.4 is 11.1 Å². The molecule has 0 bridgehead atoms. The molecule has 2 fully saturated rings. The fourth-order valence-electron chi connectivity index (χ4n) is 5.02. The van der Waals surface area contributed by atoms with Crippen molar-refractivity contribution < 1.29 is 9.59 Å². The van der Waals surface area contributed by atoms with Crippen LogP contribution in [-0.2, 0) is 17.6 Å². The van der Waals surface area contributed by atoms with Gasteiger partial charge in [0.25, 0.3) is 5.91 Å². The van der Waals surface area contributed by atoms with E-state index in [1.54, 1.807) is 0 Å². The van der Waals surface area contributed by atoms with Crippen molar-refractivity contribution in [2.24, 2.45) is 17.6 Å². The van der Waals surface area contributed by atoms with Crippen molar-refractivity contribution in [1.82, 2.24) is 4.90 Å². The Labute approximate surface area is 217 Å². The number of nitrogens with two attached hydrogens (primary N) is 1. The molecule has 0 radical (unpaired) electrons. The zero-order chi connectivity index (χ0) is 25.8. The molecule has 196 valence electrons. The van der Waals surface area contributed by atoms with Gasteiger partial charge < -0.3 is 20.7 Å². The number of carbonyl (C=O) groups excluding carboxylic acids is 2. The highest BCUT2D eigenvalue weighted by atomic mass is 16.1. The molecule has 0 aromatic heterocycles. The van der Waals surface area contributed by atoms with E-state index in [0.717, 1.165) is 57.0 Å². The van der Waals surface area contributed by atoms with Crippen LogP contribution in [0.2, 0.25) is 0 Å². The average Bonchev–Trinajstić information content (AvgIpc) is 2.89. The standard InChI is InChI=1S/C24H32N2O.C7H13NO/c1-19(2)17-21-9-11-22(12-10-21)24(27)25-23-8-6-7-20(18-23)13-16-26-14-4-3-5-15-26;8-7-3-1-6(5-9)2-4-7/h6-12,18-19H,3-5,13-17H2,1-2H3,(H,25,27);5-7H,1-4,8H2. The second-order valence-electron chi connectivity index (χ2n) is 10.9.